The van der Waals surface area contributed by atoms with Crippen LogP contribution in [-0.4, -0.2) is 50.6 Å². The Kier molecular flexibility index (Phi) is 6.04. The van der Waals surface area contributed by atoms with Gasteiger partial charge >= 0.3 is 0 Å². The molecule has 1 saturated heterocycles. The predicted octanol–water partition coefficient (Wildman–Crippen LogP) is 2.55. The van der Waals surface area contributed by atoms with Crippen molar-refractivity contribution < 1.29 is 23.7 Å². The Morgan fingerprint density at radius 3 is 2.65 bits per heavy atom. The third kappa shape index (κ3) is 4.89. The van der Waals surface area contributed by atoms with Gasteiger partial charge in [-0.2, -0.15) is 0 Å². The zero-order chi connectivity index (χ0) is 18.6. The third-order valence-electron chi connectivity index (χ3n) is 4.84. The van der Waals surface area contributed by atoms with E-state index in [1.165, 1.54) is 12.8 Å². The lowest BCUT2D eigenvalue weighted by molar-refractivity contribution is -0.139. The number of methoxy groups -OCH3 is 1. The van der Waals surface area contributed by atoms with E-state index in [0.717, 1.165) is 13.0 Å². The summed E-state index contributed by atoms with van der Waals surface area (Å²) >= 11 is 0. The van der Waals surface area contributed by atoms with Crippen molar-refractivity contribution >= 4 is 5.91 Å². The molecule has 2 aliphatic rings. The van der Waals surface area contributed by atoms with Crippen LogP contribution in [0.3, 0.4) is 0 Å². The second-order valence-corrected chi connectivity index (χ2v) is 7.52. The number of hydrogen-bond donors (Lipinski definition) is 1. The molecule has 0 bridgehead atoms. The van der Waals surface area contributed by atoms with Gasteiger partial charge in [0, 0.05) is 13.2 Å². The minimum Gasteiger partial charge on any atom is -0.493 e. The van der Waals surface area contributed by atoms with Gasteiger partial charge < -0.3 is 24.3 Å². The third-order valence-corrected chi connectivity index (χ3v) is 4.84. The summed E-state index contributed by atoms with van der Waals surface area (Å²) in [5.41, 5.74) is -1.03. The number of carbonyl (C=O) groups excluding carboxylic acids is 1. The van der Waals surface area contributed by atoms with Crippen LogP contribution in [0.25, 0.3) is 0 Å². The van der Waals surface area contributed by atoms with E-state index >= 15 is 0 Å². The average Bonchev–Trinajstić information content (AvgIpc) is 3.45. The molecule has 1 heterocycles. The van der Waals surface area contributed by atoms with Crippen molar-refractivity contribution in [3.63, 3.8) is 0 Å². The summed E-state index contributed by atoms with van der Waals surface area (Å²) in [6, 6.07) is 7.26. The van der Waals surface area contributed by atoms with Crippen molar-refractivity contribution in [2.45, 2.75) is 50.9 Å². The molecule has 1 amide bonds. The minimum atomic E-state index is -1.03. The Labute approximate surface area is 155 Å². The lowest BCUT2D eigenvalue weighted by Crippen LogP contribution is -2.56. The summed E-state index contributed by atoms with van der Waals surface area (Å²) in [7, 11) is 1.58. The largest absolute Gasteiger partial charge is 0.493 e. The number of rotatable bonds is 8. The lowest BCUT2D eigenvalue weighted by Gasteiger charge is -2.35. The average molecular weight is 363 g/mol. The highest BCUT2D eigenvalue weighted by Crippen LogP contribution is 2.31. The van der Waals surface area contributed by atoms with Gasteiger partial charge in [-0.05, 0) is 51.2 Å². The van der Waals surface area contributed by atoms with Crippen LogP contribution in [-0.2, 0) is 14.3 Å². The van der Waals surface area contributed by atoms with Gasteiger partial charge in [0.25, 0.3) is 5.91 Å². The molecule has 3 rings (SSSR count). The Morgan fingerprint density at radius 2 is 1.96 bits per heavy atom. The fraction of sp³-hybridized carbons (Fsp3) is 0.650. The molecule has 0 spiro atoms. The molecule has 1 aliphatic heterocycles. The van der Waals surface area contributed by atoms with Crippen LogP contribution in [0, 0.1) is 5.92 Å². The van der Waals surface area contributed by atoms with Crippen LogP contribution in [0.5, 0.6) is 11.5 Å². The van der Waals surface area contributed by atoms with Crippen LogP contribution in [0.1, 0.15) is 33.1 Å². The quantitative estimate of drug-likeness (QED) is 0.769. The van der Waals surface area contributed by atoms with Crippen molar-refractivity contribution in [1.82, 2.24) is 5.32 Å². The van der Waals surface area contributed by atoms with Crippen LogP contribution >= 0.6 is 0 Å². The number of nitrogens with one attached hydrogen (secondary N) is 1. The van der Waals surface area contributed by atoms with E-state index in [2.05, 4.69) is 5.32 Å². The molecule has 6 nitrogen and oxygen atoms in total. The van der Waals surface area contributed by atoms with Crippen LogP contribution in [0.4, 0.5) is 0 Å². The highest BCUT2D eigenvalue weighted by molar-refractivity contribution is 5.85. The van der Waals surface area contributed by atoms with Crippen molar-refractivity contribution in [1.29, 1.82) is 0 Å². The summed E-state index contributed by atoms with van der Waals surface area (Å²) in [5, 5.41) is 3.10. The molecule has 26 heavy (non-hydrogen) atoms. The standard InChI is InChI=1S/C20H29NO5/c1-20(2,26-17-7-5-4-6-16(17)23-3)19(22)21-15-10-11-24-13-18(15)25-12-14-8-9-14/h4-7,14-15,18H,8-13H2,1-3H3,(H,21,22)/t15-,18-/m1/s1. The molecule has 1 aromatic carbocycles. The summed E-state index contributed by atoms with van der Waals surface area (Å²) in [5.74, 6) is 1.66. The first kappa shape index (κ1) is 19.0. The molecule has 1 N–H and O–H groups in total. The van der Waals surface area contributed by atoms with E-state index in [-0.39, 0.29) is 18.1 Å². The highest BCUT2D eigenvalue weighted by atomic mass is 16.5. The monoisotopic (exact) mass is 363 g/mol. The Morgan fingerprint density at radius 1 is 1.23 bits per heavy atom. The highest BCUT2D eigenvalue weighted by Gasteiger charge is 2.36. The summed E-state index contributed by atoms with van der Waals surface area (Å²) in [6.07, 6.45) is 3.12. The smallest absolute Gasteiger partial charge is 0.263 e. The summed E-state index contributed by atoms with van der Waals surface area (Å²) in [6.45, 7) is 5.41. The van der Waals surface area contributed by atoms with E-state index in [0.29, 0.717) is 30.6 Å². The number of ether oxygens (including phenoxy) is 4. The molecule has 2 atom stereocenters. The maximum absolute atomic E-state index is 12.9. The van der Waals surface area contributed by atoms with Gasteiger partial charge in [-0.3, -0.25) is 4.79 Å². The van der Waals surface area contributed by atoms with E-state index in [1.807, 2.05) is 18.2 Å². The van der Waals surface area contributed by atoms with E-state index < -0.39 is 5.60 Å². The molecule has 2 fully saturated rings. The topological polar surface area (TPSA) is 66.0 Å². The van der Waals surface area contributed by atoms with Gasteiger partial charge in [-0.25, -0.2) is 0 Å². The second-order valence-electron chi connectivity index (χ2n) is 7.52. The molecule has 1 saturated carbocycles. The van der Waals surface area contributed by atoms with Crippen molar-refractivity contribution in [2.75, 3.05) is 26.9 Å². The first-order valence-electron chi connectivity index (χ1n) is 9.32. The van der Waals surface area contributed by atoms with Gasteiger partial charge in [0.15, 0.2) is 17.1 Å². The molecule has 0 unspecified atom stereocenters. The maximum atomic E-state index is 12.9. The number of carbonyl (C=O) groups is 1. The minimum absolute atomic E-state index is 0.0597. The van der Waals surface area contributed by atoms with Crippen LogP contribution < -0.4 is 14.8 Å². The molecule has 0 radical (unpaired) electrons. The van der Waals surface area contributed by atoms with E-state index in [4.69, 9.17) is 18.9 Å². The Hall–Kier alpha value is -1.79. The van der Waals surface area contributed by atoms with Crippen molar-refractivity contribution in [2.24, 2.45) is 5.92 Å². The Balaban J connectivity index is 1.60. The first-order chi connectivity index (χ1) is 12.5. The fourth-order valence-electron chi connectivity index (χ4n) is 2.95. The number of amides is 1. The SMILES string of the molecule is COc1ccccc1OC(C)(C)C(=O)N[C@@H]1CCOC[C@H]1OCC1CC1. The van der Waals surface area contributed by atoms with Gasteiger partial charge in [-0.1, -0.05) is 12.1 Å². The molecule has 144 valence electrons. The van der Waals surface area contributed by atoms with Crippen molar-refractivity contribution in [3.05, 3.63) is 24.3 Å². The maximum Gasteiger partial charge on any atom is 0.263 e. The second kappa shape index (κ2) is 8.27. The molecule has 0 aromatic heterocycles. The number of hydrogen-bond acceptors (Lipinski definition) is 5. The van der Waals surface area contributed by atoms with Gasteiger partial charge in [0.2, 0.25) is 0 Å². The summed E-state index contributed by atoms with van der Waals surface area (Å²) < 4.78 is 22.8. The van der Waals surface area contributed by atoms with Crippen molar-refractivity contribution in [3.8, 4) is 11.5 Å². The fourth-order valence-corrected chi connectivity index (χ4v) is 2.95. The lowest BCUT2D eigenvalue weighted by atomic mass is 10.0. The van der Waals surface area contributed by atoms with E-state index in [1.54, 1.807) is 27.0 Å². The predicted molar refractivity (Wildman–Crippen MR) is 97.5 cm³/mol. The zero-order valence-electron chi connectivity index (χ0n) is 15.8. The normalized spacial score (nSPS) is 23.3. The van der Waals surface area contributed by atoms with E-state index in [9.17, 15) is 4.79 Å². The first-order valence-corrected chi connectivity index (χ1v) is 9.32. The van der Waals surface area contributed by atoms with Gasteiger partial charge in [0.1, 0.15) is 6.10 Å². The summed E-state index contributed by atoms with van der Waals surface area (Å²) in [4.78, 5) is 12.9. The molecular weight excluding hydrogens is 334 g/mol. The van der Waals surface area contributed by atoms with Gasteiger partial charge in [0.05, 0.1) is 19.8 Å². The zero-order valence-corrected chi connectivity index (χ0v) is 15.8. The molecule has 1 aromatic rings. The van der Waals surface area contributed by atoms with Crippen LogP contribution in [0.2, 0.25) is 0 Å². The number of para-hydroxylation sites is 2. The Bertz CT molecular complexity index is 614. The molecular formula is C20H29NO5. The molecule has 1 aliphatic carbocycles. The molecule has 6 heteroatoms. The number of benzene rings is 1. The van der Waals surface area contributed by atoms with Crippen LogP contribution in [0.15, 0.2) is 24.3 Å². The van der Waals surface area contributed by atoms with Gasteiger partial charge in [-0.15, -0.1) is 0 Å².